The van der Waals surface area contributed by atoms with E-state index < -0.39 is 10.1 Å². The first-order chi connectivity index (χ1) is 7.77. The minimum atomic E-state index is -3.67. The number of nitrogens with zero attached hydrogens (tertiary/aromatic N) is 1. The molecule has 0 saturated carbocycles. The fourth-order valence-electron chi connectivity index (χ4n) is 1.59. The number of benzene rings is 1. The van der Waals surface area contributed by atoms with Crippen LogP contribution in [0, 0.1) is 5.82 Å². The summed E-state index contributed by atoms with van der Waals surface area (Å²) >= 11 is 0. The highest BCUT2D eigenvalue weighted by Gasteiger charge is 2.13. The molecule has 0 fully saturated rings. The van der Waals surface area contributed by atoms with Crippen LogP contribution in [-0.2, 0) is 16.5 Å². The SMILES string of the molecule is CS(=O)(=O)O.NN1CCCc2cc(F)ccc21. The van der Waals surface area contributed by atoms with Crippen LogP contribution >= 0.6 is 0 Å². The molecule has 1 heterocycles. The molecule has 0 atom stereocenters. The van der Waals surface area contributed by atoms with Crippen molar-refractivity contribution in [3.63, 3.8) is 0 Å². The van der Waals surface area contributed by atoms with Crippen molar-refractivity contribution >= 4 is 15.8 Å². The van der Waals surface area contributed by atoms with E-state index in [9.17, 15) is 12.8 Å². The summed E-state index contributed by atoms with van der Waals surface area (Å²) in [6.45, 7) is 0.860. The standard InChI is InChI=1S/C9H11FN2.CH4O3S/c10-8-3-4-9-7(6-8)2-1-5-12(9)11;1-5(2,3)4/h3-4,6H,1-2,5,11H2;1H3,(H,2,3,4). The van der Waals surface area contributed by atoms with E-state index >= 15 is 0 Å². The summed E-state index contributed by atoms with van der Waals surface area (Å²) in [6.07, 6.45) is 2.65. The van der Waals surface area contributed by atoms with E-state index in [-0.39, 0.29) is 5.82 Å². The van der Waals surface area contributed by atoms with Crippen LogP contribution < -0.4 is 10.9 Å². The Balaban J connectivity index is 0.000000249. The van der Waals surface area contributed by atoms with Gasteiger partial charge in [0.2, 0.25) is 0 Å². The summed E-state index contributed by atoms with van der Waals surface area (Å²) in [5, 5.41) is 1.68. The molecule has 0 aliphatic carbocycles. The first-order valence-corrected chi connectivity index (χ1v) is 6.85. The van der Waals surface area contributed by atoms with Crippen LogP contribution in [0.15, 0.2) is 18.2 Å². The lowest BCUT2D eigenvalue weighted by molar-refractivity contribution is 0.490. The third-order valence-corrected chi connectivity index (χ3v) is 2.20. The Morgan fingerprint density at radius 2 is 2.06 bits per heavy atom. The van der Waals surface area contributed by atoms with Crippen LogP contribution in [0.2, 0.25) is 0 Å². The zero-order valence-electron chi connectivity index (χ0n) is 9.43. The minimum Gasteiger partial charge on any atom is -0.311 e. The third kappa shape index (κ3) is 5.12. The second-order valence-electron chi connectivity index (χ2n) is 3.80. The molecule has 2 rings (SSSR count). The third-order valence-electron chi connectivity index (χ3n) is 2.20. The largest absolute Gasteiger partial charge is 0.311 e. The molecule has 0 amide bonds. The summed E-state index contributed by atoms with van der Waals surface area (Å²) in [5.74, 6) is 5.53. The number of anilines is 1. The molecule has 17 heavy (non-hydrogen) atoms. The van der Waals surface area contributed by atoms with Crippen molar-refractivity contribution < 1.29 is 17.4 Å². The van der Waals surface area contributed by atoms with Crippen LogP contribution in [0.1, 0.15) is 12.0 Å². The molecule has 7 heteroatoms. The summed E-state index contributed by atoms with van der Waals surface area (Å²) in [7, 11) is -3.67. The Kier molecular flexibility index (Phi) is 4.44. The maximum Gasteiger partial charge on any atom is 0.261 e. The van der Waals surface area contributed by atoms with Crippen molar-refractivity contribution in [2.75, 3.05) is 17.8 Å². The van der Waals surface area contributed by atoms with Gasteiger partial charge in [-0.25, -0.2) is 10.2 Å². The second-order valence-corrected chi connectivity index (χ2v) is 5.27. The zero-order chi connectivity index (χ0) is 13.1. The molecule has 0 spiro atoms. The Hall–Kier alpha value is -1.18. The van der Waals surface area contributed by atoms with E-state index in [1.54, 1.807) is 17.1 Å². The first kappa shape index (κ1) is 13.9. The van der Waals surface area contributed by atoms with E-state index in [0.717, 1.165) is 30.6 Å². The molecule has 1 aromatic rings. The van der Waals surface area contributed by atoms with Crippen molar-refractivity contribution in [2.45, 2.75) is 12.8 Å². The van der Waals surface area contributed by atoms with Gasteiger partial charge in [-0.1, -0.05) is 0 Å². The predicted octanol–water partition coefficient (Wildman–Crippen LogP) is 0.956. The number of nitrogens with two attached hydrogens (primary N) is 1. The average Bonchev–Trinajstić information content (AvgIpc) is 2.14. The Labute approximate surface area is 99.8 Å². The molecular weight excluding hydrogens is 247 g/mol. The first-order valence-electron chi connectivity index (χ1n) is 5.00. The maximum absolute atomic E-state index is 12.8. The van der Waals surface area contributed by atoms with Gasteiger partial charge >= 0.3 is 0 Å². The van der Waals surface area contributed by atoms with Crippen LogP contribution in [0.25, 0.3) is 0 Å². The van der Waals surface area contributed by atoms with Crippen LogP contribution in [0.5, 0.6) is 0 Å². The molecular formula is C10H15FN2O3S. The number of halogens is 1. The summed E-state index contributed by atoms with van der Waals surface area (Å²) in [4.78, 5) is 0. The molecule has 0 radical (unpaired) electrons. The lowest BCUT2D eigenvalue weighted by Crippen LogP contribution is -2.35. The molecule has 0 saturated heterocycles. The normalized spacial score (nSPS) is 14.7. The Morgan fingerprint density at radius 3 is 2.65 bits per heavy atom. The molecule has 0 unspecified atom stereocenters. The molecule has 1 aliphatic heterocycles. The lowest BCUT2D eigenvalue weighted by Gasteiger charge is -2.26. The van der Waals surface area contributed by atoms with Crippen molar-refractivity contribution in [1.82, 2.24) is 0 Å². The van der Waals surface area contributed by atoms with Crippen LogP contribution in [0.3, 0.4) is 0 Å². The number of hydrogen-bond donors (Lipinski definition) is 2. The minimum absolute atomic E-state index is 0.177. The highest BCUT2D eigenvalue weighted by molar-refractivity contribution is 7.85. The molecule has 1 aromatic carbocycles. The van der Waals surface area contributed by atoms with Crippen molar-refractivity contribution in [3.05, 3.63) is 29.6 Å². The second kappa shape index (κ2) is 5.44. The lowest BCUT2D eigenvalue weighted by atomic mass is 10.0. The number of hydrazine groups is 1. The highest BCUT2D eigenvalue weighted by Crippen LogP contribution is 2.24. The average molecular weight is 262 g/mol. The van der Waals surface area contributed by atoms with Crippen molar-refractivity contribution in [1.29, 1.82) is 0 Å². The summed E-state index contributed by atoms with van der Waals surface area (Å²) < 4.78 is 38.6. The maximum atomic E-state index is 12.8. The summed E-state index contributed by atoms with van der Waals surface area (Å²) in [6, 6.07) is 4.75. The Bertz CT molecular complexity index is 482. The number of hydrogen-bond acceptors (Lipinski definition) is 4. The molecule has 3 N–H and O–H groups in total. The number of rotatable bonds is 0. The van der Waals surface area contributed by atoms with Gasteiger partial charge in [0.15, 0.2) is 0 Å². The highest BCUT2D eigenvalue weighted by atomic mass is 32.2. The predicted molar refractivity (Wildman–Crippen MR) is 63.7 cm³/mol. The number of fused-ring (bicyclic) bond motifs is 1. The van der Waals surface area contributed by atoms with Gasteiger partial charge in [-0.2, -0.15) is 8.42 Å². The zero-order valence-corrected chi connectivity index (χ0v) is 10.2. The van der Waals surface area contributed by atoms with Gasteiger partial charge in [-0.15, -0.1) is 0 Å². The van der Waals surface area contributed by atoms with Crippen molar-refractivity contribution in [2.24, 2.45) is 5.84 Å². The fourth-order valence-corrected chi connectivity index (χ4v) is 1.59. The van der Waals surface area contributed by atoms with E-state index in [0.29, 0.717) is 6.26 Å². The van der Waals surface area contributed by atoms with E-state index in [1.165, 1.54) is 6.07 Å². The molecule has 0 aromatic heterocycles. The van der Waals surface area contributed by atoms with Gasteiger partial charge in [0.1, 0.15) is 5.82 Å². The quantitative estimate of drug-likeness (QED) is 0.537. The van der Waals surface area contributed by atoms with Gasteiger partial charge in [-0.3, -0.25) is 4.55 Å². The Morgan fingerprint density at radius 1 is 1.47 bits per heavy atom. The monoisotopic (exact) mass is 262 g/mol. The number of aryl methyl sites for hydroxylation is 1. The van der Waals surface area contributed by atoms with Gasteiger partial charge in [0, 0.05) is 6.54 Å². The topological polar surface area (TPSA) is 83.6 Å². The van der Waals surface area contributed by atoms with E-state index in [2.05, 4.69) is 0 Å². The van der Waals surface area contributed by atoms with E-state index in [1.807, 2.05) is 0 Å². The van der Waals surface area contributed by atoms with Crippen LogP contribution in [0.4, 0.5) is 10.1 Å². The molecule has 1 aliphatic rings. The van der Waals surface area contributed by atoms with Gasteiger partial charge in [0.25, 0.3) is 10.1 Å². The molecule has 0 bridgehead atoms. The smallest absolute Gasteiger partial charge is 0.261 e. The van der Waals surface area contributed by atoms with Gasteiger partial charge in [-0.05, 0) is 36.6 Å². The summed E-state index contributed by atoms with van der Waals surface area (Å²) in [5.41, 5.74) is 1.98. The van der Waals surface area contributed by atoms with Crippen LogP contribution in [-0.4, -0.2) is 25.8 Å². The van der Waals surface area contributed by atoms with Gasteiger partial charge in [0.05, 0.1) is 11.9 Å². The van der Waals surface area contributed by atoms with E-state index in [4.69, 9.17) is 10.4 Å². The fraction of sp³-hybridized carbons (Fsp3) is 0.400. The van der Waals surface area contributed by atoms with Crippen molar-refractivity contribution in [3.8, 4) is 0 Å². The molecule has 96 valence electrons. The van der Waals surface area contributed by atoms with Gasteiger partial charge < -0.3 is 5.01 Å². The molecule has 5 nitrogen and oxygen atoms in total.